The number of hydrogen-bond acceptors (Lipinski definition) is 4. The SMILES string of the molecule is O=C(Cn1nnc(-c2ccc(F)cc2)n1)c1ccccc1. The van der Waals surface area contributed by atoms with E-state index in [-0.39, 0.29) is 18.1 Å². The van der Waals surface area contributed by atoms with Crippen LogP contribution in [0.15, 0.2) is 54.6 Å². The normalized spacial score (nSPS) is 10.5. The molecule has 0 saturated heterocycles. The number of aromatic nitrogens is 4. The second-order valence-corrected chi connectivity index (χ2v) is 4.44. The Bertz CT molecular complexity index is 753. The summed E-state index contributed by atoms with van der Waals surface area (Å²) in [5.41, 5.74) is 1.24. The van der Waals surface area contributed by atoms with Crippen molar-refractivity contribution < 1.29 is 9.18 Å². The van der Waals surface area contributed by atoms with Crippen LogP contribution in [0.4, 0.5) is 4.39 Å². The Morgan fingerprint density at radius 2 is 1.76 bits per heavy atom. The molecule has 0 amide bonds. The smallest absolute Gasteiger partial charge is 0.204 e. The second kappa shape index (κ2) is 5.62. The third kappa shape index (κ3) is 3.00. The Balaban J connectivity index is 1.76. The fourth-order valence-electron chi connectivity index (χ4n) is 1.87. The van der Waals surface area contributed by atoms with Crippen molar-refractivity contribution in [2.45, 2.75) is 6.54 Å². The van der Waals surface area contributed by atoms with Gasteiger partial charge in [0.1, 0.15) is 12.4 Å². The van der Waals surface area contributed by atoms with E-state index in [0.29, 0.717) is 17.0 Å². The molecule has 0 aliphatic heterocycles. The highest BCUT2D eigenvalue weighted by molar-refractivity contribution is 5.95. The molecule has 0 bridgehead atoms. The number of tetrazole rings is 1. The van der Waals surface area contributed by atoms with Gasteiger partial charge in [0.15, 0.2) is 5.78 Å². The average molecular weight is 282 g/mol. The molecule has 0 aliphatic rings. The van der Waals surface area contributed by atoms with Gasteiger partial charge in [-0.3, -0.25) is 4.79 Å². The molecule has 3 rings (SSSR count). The molecular formula is C15H11FN4O. The molecule has 2 aromatic carbocycles. The van der Waals surface area contributed by atoms with Crippen LogP contribution >= 0.6 is 0 Å². The quantitative estimate of drug-likeness (QED) is 0.689. The third-order valence-corrected chi connectivity index (χ3v) is 2.94. The zero-order chi connectivity index (χ0) is 14.7. The summed E-state index contributed by atoms with van der Waals surface area (Å²) >= 11 is 0. The highest BCUT2D eigenvalue weighted by Gasteiger charge is 2.10. The largest absolute Gasteiger partial charge is 0.292 e. The van der Waals surface area contributed by atoms with Gasteiger partial charge in [-0.15, -0.1) is 10.2 Å². The van der Waals surface area contributed by atoms with Crippen LogP contribution in [0.2, 0.25) is 0 Å². The maximum absolute atomic E-state index is 12.9. The zero-order valence-electron chi connectivity index (χ0n) is 11.0. The maximum Gasteiger partial charge on any atom is 0.204 e. The van der Waals surface area contributed by atoms with Gasteiger partial charge in [0.2, 0.25) is 5.82 Å². The molecule has 0 N–H and O–H groups in total. The Kier molecular flexibility index (Phi) is 3.51. The topological polar surface area (TPSA) is 60.7 Å². The number of ketones is 1. The Hall–Kier alpha value is -2.89. The minimum atomic E-state index is -0.328. The van der Waals surface area contributed by atoms with Crippen LogP contribution in [-0.2, 0) is 6.54 Å². The summed E-state index contributed by atoms with van der Waals surface area (Å²) in [6.07, 6.45) is 0. The van der Waals surface area contributed by atoms with Crippen LogP contribution in [0.5, 0.6) is 0 Å². The van der Waals surface area contributed by atoms with Gasteiger partial charge in [0.05, 0.1) is 0 Å². The van der Waals surface area contributed by atoms with Crippen LogP contribution in [0.1, 0.15) is 10.4 Å². The van der Waals surface area contributed by atoms with Gasteiger partial charge in [-0.05, 0) is 29.5 Å². The predicted octanol–water partition coefficient (Wildman–Crippen LogP) is 2.36. The minimum Gasteiger partial charge on any atom is -0.292 e. The van der Waals surface area contributed by atoms with Crippen molar-refractivity contribution in [2.24, 2.45) is 0 Å². The fourth-order valence-corrected chi connectivity index (χ4v) is 1.87. The van der Waals surface area contributed by atoms with Crippen LogP contribution in [0.25, 0.3) is 11.4 Å². The molecule has 1 aromatic heterocycles. The van der Waals surface area contributed by atoms with E-state index in [9.17, 15) is 9.18 Å². The number of Topliss-reactive ketones (excluding diaryl/α,β-unsaturated/α-hetero) is 1. The molecule has 0 unspecified atom stereocenters. The van der Waals surface area contributed by atoms with Crippen LogP contribution in [-0.4, -0.2) is 26.0 Å². The number of carbonyl (C=O) groups excluding carboxylic acids is 1. The van der Waals surface area contributed by atoms with Crippen molar-refractivity contribution in [2.75, 3.05) is 0 Å². The monoisotopic (exact) mass is 282 g/mol. The number of benzene rings is 2. The van der Waals surface area contributed by atoms with Gasteiger partial charge in [0, 0.05) is 11.1 Å². The zero-order valence-corrected chi connectivity index (χ0v) is 11.0. The number of carbonyl (C=O) groups is 1. The van der Waals surface area contributed by atoms with Gasteiger partial charge < -0.3 is 0 Å². The van der Waals surface area contributed by atoms with Crippen molar-refractivity contribution in [3.05, 3.63) is 66.0 Å². The number of hydrogen-bond donors (Lipinski definition) is 0. The summed E-state index contributed by atoms with van der Waals surface area (Å²) in [4.78, 5) is 13.3. The first-order chi connectivity index (χ1) is 10.2. The lowest BCUT2D eigenvalue weighted by Gasteiger charge is -1.98. The van der Waals surface area contributed by atoms with Crippen LogP contribution < -0.4 is 0 Å². The highest BCUT2D eigenvalue weighted by atomic mass is 19.1. The first-order valence-corrected chi connectivity index (χ1v) is 6.34. The lowest BCUT2D eigenvalue weighted by Crippen LogP contribution is -2.13. The summed E-state index contributed by atoms with van der Waals surface area (Å²) in [5, 5.41) is 11.8. The van der Waals surface area contributed by atoms with Gasteiger partial charge in [-0.25, -0.2) is 4.39 Å². The molecule has 5 nitrogen and oxygen atoms in total. The van der Waals surface area contributed by atoms with Crippen molar-refractivity contribution in [1.29, 1.82) is 0 Å². The van der Waals surface area contributed by atoms with E-state index in [4.69, 9.17) is 0 Å². The van der Waals surface area contributed by atoms with Crippen molar-refractivity contribution in [3.8, 4) is 11.4 Å². The lowest BCUT2D eigenvalue weighted by molar-refractivity contribution is 0.0961. The second-order valence-electron chi connectivity index (χ2n) is 4.44. The van der Waals surface area contributed by atoms with Crippen LogP contribution in [0.3, 0.4) is 0 Å². The molecule has 0 saturated carbocycles. The van der Waals surface area contributed by atoms with Crippen molar-refractivity contribution >= 4 is 5.78 Å². The molecule has 0 aliphatic carbocycles. The maximum atomic E-state index is 12.9. The molecule has 0 spiro atoms. The van der Waals surface area contributed by atoms with Crippen LogP contribution in [0, 0.1) is 5.82 Å². The summed E-state index contributed by atoms with van der Waals surface area (Å²) in [5.74, 6) is -0.0695. The standard InChI is InChI=1S/C15H11FN4O/c16-13-8-6-12(7-9-13)15-17-19-20(18-15)10-14(21)11-4-2-1-3-5-11/h1-9H,10H2. The fraction of sp³-hybridized carbons (Fsp3) is 0.0667. The first-order valence-electron chi connectivity index (χ1n) is 6.34. The summed E-state index contributed by atoms with van der Waals surface area (Å²) in [6, 6.07) is 14.7. The molecule has 0 atom stereocenters. The third-order valence-electron chi connectivity index (χ3n) is 2.94. The molecular weight excluding hydrogens is 271 g/mol. The molecule has 104 valence electrons. The highest BCUT2D eigenvalue weighted by Crippen LogP contribution is 2.13. The van der Waals surface area contributed by atoms with E-state index in [1.54, 1.807) is 36.4 Å². The van der Waals surface area contributed by atoms with Gasteiger partial charge in [0.25, 0.3) is 0 Å². The summed E-state index contributed by atoms with van der Waals surface area (Å²) in [7, 11) is 0. The molecule has 3 aromatic rings. The Morgan fingerprint density at radius 3 is 2.48 bits per heavy atom. The Morgan fingerprint density at radius 1 is 1.05 bits per heavy atom. The number of nitrogens with zero attached hydrogens (tertiary/aromatic N) is 4. The molecule has 6 heteroatoms. The van der Waals surface area contributed by atoms with E-state index < -0.39 is 0 Å². The Labute approximate surface area is 120 Å². The lowest BCUT2D eigenvalue weighted by atomic mass is 10.1. The van der Waals surface area contributed by atoms with Crippen molar-refractivity contribution in [3.63, 3.8) is 0 Å². The van der Waals surface area contributed by atoms with Gasteiger partial charge in [-0.2, -0.15) is 4.80 Å². The van der Waals surface area contributed by atoms with Gasteiger partial charge >= 0.3 is 0 Å². The van der Waals surface area contributed by atoms with Gasteiger partial charge in [-0.1, -0.05) is 30.3 Å². The first kappa shape index (κ1) is 13.1. The number of rotatable bonds is 4. The van der Waals surface area contributed by atoms with E-state index in [1.165, 1.54) is 16.9 Å². The minimum absolute atomic E-state index is 0.0121. The van der Waals surface area contributed by atoms with E-state index in [0.717, 1.165) is 0 Å². The molecule has 0 fully saturated rings. The molecule has 1 heterocycles. The van der Waals surface area contributed by atoms with E-state index in [2.05, 4.69) is 15.4 Å². The summed E-state index contributed by atoms with van der Waals surface area (Å²) in [6.45, 7) is 0.0121. The van der Waals surface area contributed by atoms with E-state index in [1.807, 2.05) is 6.07 Å². The molecule has 0 radical (unpaired) electrons. The molecule has 21 heavy (non-hydrogen) atoms. The van der Waals surface area contributed by atoms with Crippen molar-refractivity contribution in [1.82, 2.24) is 20.2 Å². The van der Waals surface area contributed by atoms with E-state index >= 15 is 0 Å². The average Bonchev–Trinajstić information content (AvgIpc) is 2.97. The predicted molar refractivity (Wildman–Crippen MR) is 74.0 cm³/mol. The summed E-state index contributed by atoms with van der Waals surface area (Å²) < 4.78 is 12.9. The number of halogens is 1.